The number of carboxylic acids is 1. The van der Waals surface area contributed by atoms with Crippen LogP contribution < -0.4 is 0 Å². The molecule has 74 valence electrons. The monoisotopic (exact) mass is 186 g/mol. The predicted octanol–water partition coefficient (Wildman–Crippen LogP) is 1.05. The number of ether oxygens (including phenoxy) is 1. The van der Waals surface area contributed by atoms with Gasteiger partial charge in [-0.25, -0.2) is 0 Å². The third kappa shape index (κ3) is 2.20. The van der Waals surface area contributed by atoms with E-state index in [0.717, 1.165) is 19.3 Å². The van der Waals surface area contributed by atoms with E-state index in [1.165, 1.54) is 0 Å². The summed E-state index contributed by atoms with van der Waals surface area (Å²) in [5, 5.41) is 8.80. The Labute approximate surface area is 76.9 Å². The molecule has 1 rings (SSSR count). The molecule has 1 saturated carbocycles. The van der Waals surface area contributed by atoms with Gasteiger partial charge >= 0.3 is 11.9 Å². The quantitative estimate of drug-likeness (QED) is 0.526. The summed E-state index contributed by atoms with van der Waals surface area (Å²) >= 11 is 0. The van der Waals surface area contributed by atoms with Crippen LogP contribution in [0.25, 0.3) is 0 Å². The molecule has 1 atom stereocenters. The first-order chi connectivity index (χ1) is 6.16. The SMILES string of the molecule is CCOC(=O)C(C(=O)O)C1CCC1. The number of carbonyl (C=O) groups is 2. The fourth-order valence-corrected chi connectivity index (χ4v) is 1.50. The first-order valence-corrected chi connectivity index (χ1v) is 4.56. The first-order valence-electron chi connectivity index (χ1n) is 4.56. The zero-order valence-electron chi connectivity index (χ0n) is 7.66. The van der Waals surface area contributed by atoms with Crippen molar-refractivity contribution in [2.45, 2.75) is 26.2 Å². The van der Waals surface area contributed by atoms with Gasteiger partial charge in [0.1, 0.15) is 0 Å². The molecule has 13 heavy (non-hydrogen) atoms. The smallest absolute Gasteiger partial charge is 0.320 e. The minimum absolute atomic E-state index is 0.00319. The molecule has 1 N–H and O–H groups in total. The topological polar surface area (TPSA) is 63.6 Å². The molecule has 1 aliphatic carbocycles. The molecule has 4 nitrogen and oxygen atoms in total. The molecule has 0 aromatic carbocycles. The molecule has 0 aliphatic heterocycles. The van der Waals surface area contributed by atoms with Gasteiger partial charge in [0.2, 0.25) is 0 Å². The second kappa shape index (κ2) is 4.25. The van der Waals surface area contributed by atoms with E-state index in [0.29, 0.717) is 0 Å². The maximum absolute atomic E-state index is 11.2. The Morgan fingerprint density at radius 2 is 2.15 bits per heavy atom. The average Bonchev–Trinajstić information content (AvgIpc) is 1.95. The molecule has 1 fully saturated rings. The molecule has 0 aromatic heterocycles. The summed E-state index contributed by atoms with van der Waals surface area (Å²) in [6.45, 7) is 1.92. The Kier molecular flexibility index (Phi) is 3.28. The second-order valence-electron chi connectivity index (χ2n) is 3.26. The van der Waals surface area contributed by atoms with Crippen molar-refractivity contribution in [3.05, 3.63) is 0 Å². The average molecular weight is 186 g/mol. The summed E-state index contributed by atoms with van der Waals surface area (Å²) < 4.78 is 4.70. The zero-order valence-corrected chi connectivity index (χ0v) is 7.66. The van der Waals surface area contributed by atoms with E-state index in [-0.39, 0.29) is 12.5 Å². The Bertz CT molecular complexity index is 208. The minimum Gasteiger partial charge on any atom is -0.481 e. The van der Waals surface area contributed by atoms with Crippen LogP contribution in [0.15, 0.2) is 0 Å². The highest BCUT2D eigenvalue weighted by Crippen LogP contribution is 2.34. The van der Waals surface area contributed by atoms with Gasteiger partial charge in [0.05, 0.1) is 6.61 Å². The third-order valence-corrected chi connectivity index (χ3v) is 2.43. The lowest BCUT2D eigenvalue weighted by Crippen LogP contribution is -2.36. The van der Waals surface area contributed by atoms with Gasteiger partial charge in [-0.05, 0) is 25.7 Å². The lowest BCUT2D eigenvalue weighted by molar-refractivity contribution is -0.162. The van der Waals surface area contributed by atoms with E-state index in [2.05, 4.69) is 0 Å². The van der Waals surface area contributed by atoms with Crippen LogP contribution in [0, 0.1) is 11.8 Å². The van der Waals surface area contributed by atoms with Gasteiger partial charge in [0.15, 0.2) is 5.92 Å². The lowest BCUT2D eigenvalue weighted by Gasteiger charge is -2.29. The van der Waals surface area contributed by atoms with Crippen molar-refractivity contribution in [2.75, 3.05) is 6.61 Å². The molecule has 0 saturated heterocycles. The third-order valence-electron chi connectivity index (χ3n) is 2.43. The molecule has 0 radical (unpaired) electrons. The van der Waals surface area contributed by atoms with Crippen LogP contribution in [-0.4, -0.2) is 23.7 Å². The van der Waals surface area contributed by atoms with Crippen molar-refractivity contribution in [3.63, 3.8) is 0 Å². The normalized spacial score (nSPS) is 18.8. The fraction of sp³-hybridized carbons (Fsp3) is 0.778. The van der Waals surface area contributed by atoms with Gasteiger partial charge in [0, 0.05) is 0 Å². The lowest BCUT2D eigenvalue weighted by atomic mass is 9.76. The van der Waals surface area contributed by atoms with E-state index in [1.54, 1.807) is 6.92 Å². The van der Waals surface area contributed by atoms with Crippen LogP contribution in [0.5, 0.6) is 0 Å². The summed E-state index contributed by atoms with van der Waals surface area (Å²) in [5.41, 5.74) is 0. The maximum Gasteiger partial charge on any atom is 0.320 e. The van der Waals surface area contributed by atoms with Crippen molar-refractivity contribution < 1.29 is 19.4 Å². The Morgan fingerprint density at radius 3 is 2.46 bits per heavy atom. The molecular weight excluding hydrogens is 172 g/mol. The van der Waals surface area contributed by atoms with Crippen LogP contribution in [0.2, 0.25) is 0 Å². The van der Waals surface area contributed by atoms with Crippen LogP contribution >= 0.6 is 0 Å². The van der Waals surface area contributed by atoms with Gasteiger partial charge in [-0.1, -0.05) is 6.42 Å². The van der Waals surface area contributed by atoms with Crippen molar-refractivity contribution in [3.8, 4) is 0 Å². The molecule has 0 spiro atoms. The highest BCUT2D eigenvalue weighted by Gasteiger charge is 2.39. The number of rotatable bonds is 4. The number of carboxylic acid groups (broad SMARTS) is 1. The molecule has 0 aromatic rings. The van der Waals surface area contributed by atoms with Crippen molar-refractivity contribution in [2.24, 2.45) is 11.8 Å². The highest BCUT2D eigenvalue weighted by atomic mass is 16.5. The van der Waals surface area contributed by atoms with Crippen LogP contribution in [0.4, 0.5) is 0 Å². The van der Waals surface area contributed by atoms with Crippen LogP contribution in [-0.2, 0) is 14.3 Å². The number of hydrogen-bond acceptors (Lipinski definition) is 3. The van der Waals surface area contributed by atoms with E-state index in [9.17, 15) is 9.59 Å². The molecule has 4 heteroatoms. The van der Waals surface area contributed by atoms with E-state index in [4.69, 9.17) is 9.84 Å². The molecule has 0 heterocycles. The molecule has 0 bridgehead atoms. The van der Waals surface area contributed by atoms with Crippen molar-refractivity contribution in [1.82, 2.24) is 0 Å². The highest BCUT2D eigenvalue weighted by molar-refractivity contribution is 5.94. The molecule has 0 amide bonds. The van der Waals surface area contributed by atoms with Crippen LogP contribution in [0.3, 0.4) is 0 Å². The van der Waals surface area contributed by atoms with Gasteiger partial charge in [-0.2, -0.15) is 0 Å². The maximum atomic E-state index is 11.2. The first kappa shape index (κ1) is 10.0. The largest absolute Gasteiger partial charge is 0.481 e. The van der Waals surface area contributed by atoms with Crippen LogP contribution in [0.1, 0.15) is 26.2 Å². The Morgan fingerprint density at radius 1 is 1.54 bits per heavy atom. The number of aliphatic carboxylic acids is 1. The van der Waals surface area contributed by atoms with Crippen molar-refractivity contribution >= 4 is 11.9 Å². The van der Waals surface area contributed by atoms with E-state index < -0.39 is 17.9 Å². The second-order valence-corrected chi connectivity index (χ2v) is 3.26. The molecule has 1 unspecified atom stereocenters. The van der Waals surface area contributed by atoms with E-state index in [1.807, 2.05) is 0 Å². The molecule has 1 aliphatic rings. The van der Waals surface area contributed by atoms with Gasteiger partial charge in [0.25, 0.3) is 0 Å². The van der Waals surface area contributed by atoms with Gasteiger partial charge in [-0.3, -0.25) is 9.59 Å². The summed E-state index contributed by atoms with van der Waals surface area (Å²) in [4.78, 5) is 22.0. The standard InChI is InChI=1S/C9H14O4/c1-2-13-9(12)7(8(10)11)6-4-3-5-6/h6-7H,2-5H2,1H3,(H,10,11). The Hall–Kier alpha value is -1.06. The minimum atomic E-state index is -1.05. The van der Waals surface area contributed by atoms with E-state index >= 15 is 0 Å². The van der Waals surface area contributed by atoms with Crippen molar-refractivity contribution in [1.29, 1.82) is 0 Å². The predicted molar refractivity (Wildman–Crippen MR) is 45.1 cm³/mol. The molecular formula is C9H14O4. The number of esters is 1. The summed E-state index contributed by atoms with van der Waals surface area (Å²) in [7, 11) is 0. The summed E-state index contributed by atoms with van der Waals surface area (Å²) in [6, 6.07) is 0. The summed E-state index contributed by atoms with van der Waals surface area (Å²) in [5.74, 6) is -2.58. The zero-order chi connectivity index (χ0) is 9.84. The van der Waals surface area contributed by atoms with Gasteiger partial charge < -0.3 is 9.84 Å². The van der Waals surface area contributed by atoms with Gasteiger partial charge in [-0.15, -0.1) is 0 Å². The number of carbonyl (C=O) groups excluding carboxylic acids is 1. The summed E-state index contributed by atoms with van der Waals surface area (Å²) in [6.07, 6.45) is 2.68. The Balaban J connectivity index is 2.55. The number of hydrogen-bond donors (Lipinski definition) is 1. The fourth-order valence-electron chi connectivity index (χ4n) is 1.50.